The Balaban J connectivity index is 1.59. The first-order chi connectivity index (χ1) is 11.6. The lowest BCUT2D eigenvalue weighted by molar-refractivity contribution is -0.116. The molecule has 0 unspecified atom stereocenters. The molecule has 3 aromatic rings. The maximum absolute atomic E-state index is 12.0. The average Bonchev–Trinajstić information content (AvgIpc) is 3.06. The number of halogens is 2. The van der Waals surface area contributed by atoms with Crippen molar-refractivity contribution in [3.05, 3.63) is 58.7 Å². The summed E-state index contributed by atoms with van der Waals surface area (Å²) in [5.74, 6) is 0.595. The van der Waals surface area contributed by atoms with E-state index in [9.17, 15) is 4.79 Å². The number of pyridine rings is 1. The molecule has 0 aliphatic rings. The number of aromatic nitrogens is 3. The van der Waals surface area contributed by atoms with Crippen LogP contribution in [0.15, 0.2) is 47.2 Å². The minimum Gasteiger partial charge on any atom is -0.339 e. The molecule has 0 aliphatic carbocycles. The zero-order chi connectivity index (χ0) is 16.9. The Morgan fingerprint density at radius 1 is 1.25 bits per heavy atom. The summed E-state index contributed by atoms with van der Waals surface area (Å²) in [5, 5.41) is 7.50. The highest BCUT2D eigenvalue weighted by Gasteiger charge is 2.12. The highest BCUT2D eigenvalue weighted by Crippen LogP contribution is 2.25. The largest absolute Gasteiger partial charge is 0.339 e. The number of benzene rings is 1. The Kier molecular flexibility index (Phi) is 5.08. The van der Waals surface area contributed by atoms with E-state index in [1.807, 2.05) is 6.07 Å². The molecule has 2 heterocycles. The van der Waals surface area contributed by atoms with Gasteiger partial charge < -0.3 is 9.84 Å². The van der Waals surface area contributed by atoms with Gasteiger partial charge in [-0.3, -0.25) is 9.78 Å². The molecule has 0 bridgehead atoms. The lowest BCUT2D eigenvalue weighted by atomic mass is 10.2. The van der Waals surface area contributed by atoms with E-state index in [4.69, 9.17) is 27.7 Å². The zero-order valence-electron chi connectivity index (χ0n) is 12.4. The van der Waals surface area contributed by atoms with E-state index >= 15 is 0 Å². The molecular weight excluding hydrogens is 351 g/mol. The first-order valence-corrected chi connectivity index (χ1v) is 7.85. The molecule has 0 saturated heterocycles. The Labute approximate surface area is 147 Å². The normalized spacial score (nSPS) is 10.6. The second-order valence-electron chi connectivity index (χ2n) is 4.93. The number of carbonyl (C=O) groups is 1. The molecule has 1 amide bonds. The van der Waals surface area contributed by atoms with Gasteiger partial charge in [-0.05, 0) is 30.3 Å². The second-order valence-corrected chi connectivity index (χ2v) is 5.77. The molecule has 3 rings (SSSR count). The molecule has 6 nitrogen and oxygen atoms in total. The first-order valence-electron chi connectivity index (χ1n) is 7.10. The summed E-state index contributed by atoms with van der Waals surface area (Å²) in [4.78, 5) is 20.3. The molecule has 0 radical (unpaired) electrons. The minimum atomic E-state index is -0.222. The van der Waals surface area contributed by atoms with Gasteiger partial charge >= 0.3 is 0 Å². The predicted octanol–water partition coefficient (Wildman–Crippen LogP) is 4.01. The standard InChI is InChI=1S/C16H12Cl2N4O2/c17-11-3-4-12(18)13(8-11)20-14(23)5-6-15-21-16(22-24-15)10-2-1-7-19-9-10/h1-4,7-9H,5-6H2,(H,20,23). The van der Waals surface area contributed by atoms with Crippen molar-refractivity contribution in [1.82, 2.24) is 15.1 Å². The van der Waals surface area contributed by atoms with Gasteiger partial charge in [-0.2, -0.15) is 4.98 Å². The van der Waals surface area contributed by atoms with Gasteiger partial charge in [-0.1, -0.05) is 28.4 Å². The summed E-state index contributed by atoms with van der Waals surface area (Å²) in [6, 6.07) is 8.48. The number of anilines is 1. The summed E-state index contributed by atoms with van der Waals surface area (Å²) in [7, 11) is 0. The number of carbonyl (C=O) groups excluding carboxylic acids is 1. The van der Waals surface area contributed by atoms with Gasteiger partial charge in [0, 0.05) is 35.8 Å². The quantitative estimate of drug-likeness (QED) is 0.741. The van der Waals surface area contributed by atoms with Crippen LogP contribution in [0.3, 0.4) is 0 Å². The highest BCUT2D eigenvalue weighted by atomic mass is 35.5. The summed E-state index contributed by atoms with van der Waals surface area (Å²) in [6.07, 6.45) is 3.80. The molecule has 122 valence electrons. The van der Waals surface area contributed by atoms with Crippen LogP contribution in [0, 0.1) is 0 Å². The third-order valence-corrected chi connectivity index (χ3v) is 3.72. The fourth-order valence-electron chi connectivity index (χ4n) is 2.00. The maximum atomic E-state index is 12.0. The van der Waals surface area contributed by atoms with Crippen LogP contribution in [-0.4, -0.2) is 21.0 Å². The molecule has 1 aromatic carbocycles. The number of hydrogen-bond acceptors (Lipinski definition) is 5. The van der Waals surface area contributed by atoms with Gasteiger partial charge in [-0.25, -0.2) is 0 Å². The number of nitrogens with one attached hydrogen (secondary N) is 1. The maximum Gasteiger partial charge on any atom is 0.227 e. The first kappa shape index (κ1) is 16.4. The second kappa shape index (κ2) is 7.42. The molecule has 0 spiro atoms. The predicted molar refractivity (Wildman–Crippen MR) is 90.9 cm³/mol. The molecule has 0 atom stereocenters. The number of aryl methyl sites for hydroxylation is 1. The van der Waals surface area contributed by atoms with Gasteiger partial charge in [-0.15, -0.1) is 0 Å². The van der Waals surface area contributed by atoms with Crippen molar-refractivity contribution in [2.45, 2.75) is 12.8 Å². The Bertz CT molecular complexity index is 852. The van der Waals surface area contributed by atoms with Crippen LogP contribution in [0.1, 0.15) is 12.3 Å². The third-order valence-electron chi connectivity index (χ3n) is 3.16. The molecule has 0 fully saturated rings. The smallest absolute Gasteiger partial charge is 0.227 e. The van der Waals surface area contributed by atoms with Gasteiger partial charge in [0.15, 0.2) is 0 Å². The minimum absolute atomic E-state index is 0.178. The van der Waals surface area contributed by atoms with Crippen molar-refractivity contribution in [3.8, 4) is 11.4 Å². The van der Waals surface area contributed by atoms with Crippen LogP contribution in [0.5, 0.6) is 0 Å². The monoisotopic (exact) mass is 362 g/mol. The fraction of sp³-hybridized carbons (Fsp3) is 0.125. The SMILES string of the molecule is O=C(CCc1nc(-c2cccnc2)no1)Nc1cc(Cl)ccc1Cl. The topological polar surface area (TPSA) is 80.9 Å². The van der Waals surface area contributed by atoms with Crippen molar-refractivity contribution in [2.24, 2.45) is 0 Å². The Morgan fingerprint density at radius 2 is 2.12 bits per heavy atom. The van der Waals surface area contributed by atoms with E-state index in [1.165, 1.54) is 0 Å². The van der Waals surface area contributed by atoms with E-state index in [2.05, 4.69) is 20.4 Å². The fourth-order valence-corrected chi connectivity index (χ4v) is 2.33. The van der Waals surface area contributed by atoms with Crippen LogP contribution in [0.4, 0.5) is 5.69 Å². The van der Waals surface area contributed by atoms with E-state index in [0.717, 1.165) is 5.56 Å². The van der Waals surface area contributed by atoms with Gasteiger partial charge in [0.25, 0.3) is 0 Å². The van der Waals surface area contributed by atoms with E-state index < -0.39 is 0 Å². The van der Waals surface area contributed by atoms with Gasteiger partial charge in [0.05, 0.1) is 10.7 Å². The van der Waals surface area contributed by atoms with Crippen molar-refractivity contribution < 1.29 is 9.32 Å². The molecule has 2 aromatic heterocycles. The van der Waals surface area contributed by atoms with Crippen LogP contribution in [-0.2, 0) is 11.2 Å². The summed E-state index contributed by atoms with van der Waals surface area (Å²) in [6.45, 7) is 0. The molecule has 0 aliphatic heterocycles. The molecular formula is C16H12Cl2N4O2. The van der Waals surface area contributed by atoms with Gasteiger partial charge in [0.1, 0.15) is 0 Å². The summed E-state index contributed by atoms with van der Waals surface area (Å²) < 4.78 is 5.15. The van der Waals surface area contributed by atoms with Crippen LogP contribution >= 0.6 is 23.2 Å². The molecule has 0 saturated carbocycles. The van der Waals surface area contributed by atoms with E-state index in [-0.39, 0.29) is 12.3 Å². The van der Waals surface area contributed by atoms with Crippen LogP contribution in [0.2, 0.25) is 10.0 Å². The average molecular weight is 363 g/mol. The third kappa shape index (κ3) is 4.10. The van der Waals surface area contributed by atoms with Crippen molar-refractivity contribution in [2.75, 3.05) is 5.32 Å². The number of rotatable bonds is 5. The van der Waals surface area contributed by atoms with E-state index in [1.54, 1.807) is 36.7 Å². The van der Waals surface area contributed by atoms with Crippen LogP contribution in [0.25, 0.3) is 11.4 Å². The van der Waals surface area contributed by atoms with Crippen molar-refractivity contribution >= 4 is 34.8 Å². The highest BCUT2D eigenvalue weighted by molar-refractivity contribution is 6.35. The number of amides is 1. The van der Waals surface area contributed by atoms with Crippen LogP contribution < -0.4 is 5.32 Å². The van der Waals surface area contributed by atoms with Gasteiger partial charge in [0.2, 0.25) is 17.6 Å². The Morgan fingerprint density at radius 3 is 2.92 bits per heavy atom. The Hall–Kier alpha value is -2.44. The number of hydrogen-bond donors (Lipinski definition) is 1. The molecule has 1 N–H and O–H groups in total. The van der Waals surface area contributed by atoms with E-state index in [0.29, 0.717) is 33.9 Å². The number of nitrogens with zero attached hydrogens (tertiary/aromatic N) is 3. The summed E-state index contributed by atoms with van der Waals surface area (Å²) in [5.41, 5.74) is 1.22. The summed E-state index contributed by atoms with van der Waals surface area (Å²) >= 11 is 11.9. The lowest BCUT2D eigenvalue weighted by Gasteiger charge is -2.06. The molecule has 24 heavy (non-hydrogen) atoms. The molecule has 8 heteroatoms. The van der Waals surface area contributed by atoms with Crippen molar-refractivity contribution in [1.29, 1.82) is 0 Å². The zero-order valence-corrected chi connectivity index (χ0v) is 13.9. The lowest BCUT2D eigenvalue weighted by Crippen LogP contribution is -2.12. The van der Waals surface area contributed by atoms with Crippen molar-refractivity contribution in [3.63, 3.8) is 0 Å².